The number of aliphatic carboxylic acids is 1. The molecule has 0 amide bonds. The van der Waals surface area contributed by atoms with E-state index >= 15 is 0 Å². The molecule has 0 unspecified atom stereocenters. The Morgan fingerprint density at radius 2 is 2.00 bits per heavy atom. The van der Waals surface area contributed by atoms with Crippen molar-refractivity contribution in [3.63, 3.8) is 0 Å². The van der Waals surface area contributed by atoms with Crippen molar-refractivity contribution < 1.29 is 24.2 Å². The summed E-state index contributed by atoms with van der Waals surface area (Å²) in [6.07, 6.45) is 1.79. The van der Waals surface area contributed by atoms with Crippen LogP contribution in [0.5, 0.6) is 11.5 Å². The molecule has 0 saturated heterocycles. The smallest absolute Gasteiger partial charge is 0.303 e. The fraction of sp³-hybridized carbons (Fsp3) is 0.385. The monoisotopic (exact) mass is 330 g/mol. The Hall–Kier alpha value is -1.56. The van der Waals surface area contributed by atoms with Gasteiger partial charge >= 0.3 is 5.97 Å². The summed E-state index contributed by atoms with van der Waals surface area (Å²) < 4.78 is 11.1. The first-order valence-corrected chi connectivity index (χ1v) is 6.44. The molecule has 0 heterocycles. The molecule has 1 aromatic rings. The zero-order chi connectivity index (χ0) is 14.4. The summed E-state index contributed by atoms with van der Waals surface area (Å²) in [5.41, 5.74) is 1.18. The lowest BCUT2D eigenvalue weighted by Gasteiger charge is -2.15. The van der Waals surface area contributed by atoms with Gasteiger partial charge in [0.25, 0.3) is 0 Å². The highest BCUT2D eigenvalue weighted by Gasteiger charge is 2.18. The van der Waals surface area contributed by atoms with E-state index in [1.54, 1.807) is 6.07 Å². The van der Waals surface area contributed by atoms with Gasteiger partial charge in [0.1, 0.15) is 0 Å². The maximum Gasteiger partial charge on any atom is 0.303 e. The number of aldehydes is 1. The molecule has 0 saturated carbocycles. The minimum atomic E-state index is -0.838. The fourth-order valence-electron chi connectivity index (χ4n) is 1.82. The van der Waals surface area contributed by atoms with Crippen LogP contribution in [0.15, 0.2) is 10.5 Å². The predicted molar refractivity (Wildman–Crippen MR) is 73.2 cm³/mol. The van der Waals surface area contributed by atoms with Gasteiger partial charge in [0.2, 0.25) is 0 Å². The van der Waals surface area contributed by atoms with E-state index in [0.29, 0.717) is 40.7 Å². The second kappa shape index (κ2) is 7.13. The van der Waals surface area contributed by atoms with Crippen molar-refractivity contribution in [2.45, 2.75) is 19.3 Å². The van der Waals surface area contributed by atoms with Crippen LogP contribution >= 0.6 is 15.9 Å². The van der Waals surface area contributed by atoms with Crippen LogP contribution in [-0.4, -0.2) is 31.6 Å². The largest absolute Gasteiger partial charge is 0.493 e. The number of aryl methyl sites for hydroxylation is 1. The van der Waals surface area contributed by atoms with Gasteiger partial charge in [-0.3, -0.25) is 9.59 Å². The molecule has 0 spiro atoms. The Morgan fingerprint density at radius 3 is 2.47 bits per heavy atom. The zero-order valence-corrected chi connectivity index (χ0v) is 12.3. The lowest BCUT2D eigenvalue weighted by atomic mass is 10.0. The van der Waals surface area contributed by atoms with Crippen molar-refractivity contribution in [2.24, 2.45) is 0 Å². The first-order valence-electron chi connectivity index (χ1n) is 5.65. The van der Waals surface area contributed by atoms with Crippen LogP contribution < -0.4 is 9.47 Å². The van der Waals surface area contributed by atoms with Crippen molar-refractivity contribution in [1.29, 1.82) is 0 Å². The number of ether oxygens (including phenoxy) is 2. The third kappa shape index (κ3) is 3.70. The van der Waals surface area contributed by atoms with E-state index in [9.17, 15) is 9.59 Å². The summed E-state index contributed by atoms with van der Waals surface area (Å²) in [7, 11) is 2.94. The molecule has 104 valence electrons. The summed E-state index contributed by atoms with van der Waals surface area (Å²) in [5.74, 6) is -0.00935. The van der Waals surface area contributed by atoms with Crippen LogP contribution in [0.2, 0.25) is 0 Å². The highest BCUT2D eigenvalue weighted by atomic mass is 79.9. The Labute approximate surface area is 119 Å². The molecule has 0 atom stereocenters. The summed E-state index contributed by atoms with van der Waals surface area (Å²) in [5, 5.41) is 8.64. The predicted octanol–water partition coefficient (Wildman–Crippen LogP) is 2.69. The summed E-state index contributed by atoms with van der Waals surface area (Å²) >= 11 is 3.30. The maximum absolute atomic E-state index is 11.0. The van der Waals surface area contributed by atoms with Crippen LogP contribution in [0.25, 0.3) is 0 Å². The van der Waals surface area contributed by atoms with Crippen LogP contribution in [-0.2, 0) is 11.2 Å². The van der Waals surface area contributed by atoms with Crippen molar-refractivity contribution in [3.05, 3.63) is 21.7 Å². The Bertz CT molecular complexity index is 484. The van der Waals surface area contributed by atoms with Crippen LogP contribution in [0.4, 0.5) is 0 Å². The van der Waals surface area contributed by atoms with E-state index in [-0.39, 0.29) is 6.42 Å². The molecule has 0 aromatic heterocycles. The van der Waals surface area contributed by atoms with Gasteiger partial charge in [-0.2, -0.15) is 0 Å². The molecule has 1 N–H and O–H groups in total. The third-order valence-electron chi connectivity index (χ3n) is 2.66. The number of hydrogen-bond acceptors (Lipinski definition) is 4. The molecule has 6 heteroatoms. The molecule has 0 aliphatic carbocycles. The summed E-state index contributed by atoms with van der Waals surface area (Å²) in [6.45, 7) is 0. The van der Waals surface area contributed by atoms with Gasteiger partial charge in [0.15, 0.2) is 17.8 Å². The molecule has 0 aliphatic rings. The van der Waals surface area contributed by atoms with Gasteiger partial charge < -0.3 is 14.6 Å². The van der Waals surface area contributed by atoms with E-state index in [4.69, 9.17) is 14.6 Å². The molecular weight excluding hydrogens is 316 g/mol. The number of carboxylic acids is 1. The number of hydrogen-bond donors (Lipinski definition) is 1. The molecule has 1 aromatic carbocycles. The Balaban J connectivity index is 3.13. The topological polar surface area (TPSA) is 72.8 Å². The highest BCUT2D eigenvalue weighted by Crippen LogP contribution is 2.39. The maximum atomic E-state index is 11.0. The number of carbonyl (C=O) groups excluding carboxylic acids is 1. The molecule has 0 aliphatic heterocycles. The Morgan fingerprint density at radius 1 is 1.37 bits per heavy atom. The van der Waals surface area contributed by atoms with Gasteiger partial charge in [0, 0.05) is 10.9 Å². The number of rotatable bonds is 7. The number of carboxylic acid groups (broad SMARTS) is 1. The summed E-state index contributed by atoms with van der Waals surface area (Å²) in [4.78, 5) is 21.6. The lowest BCUT2D eigenvalue weighted by molar-refractivity contribution is -0.137. The first-order chi connectivity index (χ1) is 9.04. The van der Waals surface area contributed by atoms with Crippen molar-refractivity contribution in [1.82, 2.24) is 0 Å². The first kappa shape index (κ1) is 15.5. The van der Waals surface area contributed by atoms with Gasteiger partial charge in [-0.05, 0) is 40.4 Å². The molecule has 19 heavy (non-hydrogen) atoms. The van der Waals surface area contributed by atoms with Crippen LogP contribution in [0.1, 0.15) is 28.8 Å². The molecule has 0 radical (unpaired) electrons. The van der Waals surface area contributed by atoms with Gasteiger partial charge in [0.05, 0.1) is 19.8 Å². The van der Waals surface area contributed by atoms with E-state index in [1.165, 1.54) is 14.2 Å². The number of methoxy groups -OCH3 is 2. The fourth-order valence-corrected chi connectivity index (χ4v) is 2.37. The molecule has 5 nitrogen and oxygen atoms in total. The quantitative estimate of drug-likeness (QED) is 0.778. The lowest BCUT2D eigenvalue weighted by Crippen LogP contribution is -2.02. The normalized spacial score (nSPS) is 10.1. The minimum absolute atomic E-state index is 0.0819. The third-order valence-corrected chi connectivity index (χ3v) is 3.32. The van der Waals surface area contributed by atoms with E-state index in [1.807, 2.05) is 0 Å². The minimum Gasteiger partial charge on any atom is -0.493 e. The molecule has 0 bridgehead atoms. The van der Waals surface area contributed by atoms with Crippen LogP contribution in [0, 0.1) is 0 Å². The van der Waals surface area contributed by atoms with Gasteiger partial charge in [-0.25, -0.2) is 0 Å². The molecular formula is C13H15BrO5. The average molecular weight is 331 g/mol. The van der Waals surface area contributed by atoms with Gasteiger partial charge in [-0.15, -0.1) is 0 Å². The Kier molecular flexibility index (Phi) is 5.82. The van der Waals surface area contributed by atoms with Crippen molar-refractivity contribution in [2.75, 3.05) is 14.2 Å². The number of benzene rings is 1. The summed E-state index contributed by atoms with van der Waals surface area (Å²) in [6, 6.07) is 1.76. The second-order valence-electron chi connectivity index (χ2n) is 3.86. The highest BCUT2D eigenvalue weighted by molar-refractivity contribution is 9.10. The standard InChI is InChI=1S/C13H15BrO5/c1-18-12-8(4-3-5-11(16)17)6-10(14)9(7-15)13(12)19-2/h6-7H,3-5H2,1-2H3,(H,16,17). The average Bonchev–Trinajstić information content (AvgIpc) is 2.37. The van der Waals surface area contributed by atoms with Crippen LogP contribution in [0.3, 0.4) is 0 Å². The van der Waals surface area contributed by atoms with E-state index in [0.717, 1.165) is 5.56 Å². The second-order valence-corrected chi connectivity index (χ2v) is 4.72. The molecule has 1 rings (SSSR count). The number of halogens is 1. The van der Waals surface area contributed by atoms with Gasteiger partial charge in [-0.1, -0.05) is 0 Å². The van der Waals surface area contributed by atoms with Crippen molar-refractivity contribution >= 4 is 28.2 Å². The zero-order valence-electron chi connectivity index (χ0n) is 10.7. The van der Waals surface area contributed by atoms with E-state index < -0.39 is 5.97 Å². The van der Waals surface area contributed by atoms with E-state index in [2.05, 4.69) is 15.9 Å². The molecule has 0 fully saturated rings. The number of carbonyl (C=O) groups is 2. The van der Waals surface area contributed by atoms with Crippen molar-refractivity contribution in [3.8, 4) is 11.5 Å². The SMILES string of the molecule is COc1c(CCCC(=O)O)cc(Br)c(C=O)c1OC.